The quantitative estimate of drug-likeness (QED) is 0.686. The molecule has 3 aromatic rings. The Morgan fingerprint density at radius 2 is 1.76 bits per heavy atom. The van der Waals surface area contributed by atoms with Crippen molar-refractivity contribution in [3.63, 3.8) is 0 Å². The van der Waals surface area contributed by atoms with E-state index in [1.807, 2.05) is 49.1 Å². The van der Waals surface area contributed by atoms with Gasteiger partial charge in [-0.15, -0.1) is 0 Å². The summed E-state index contributed by atoms with van der Waals surface area (Å²) in [6.07, 6.45) is 1.62. The van der Waals surface area contributed by atoms with Gasteiger partial charge in [0.15, 0.2) is 0 Å². The second kappa shape index (κ2) is 7.47. The fraction of sp³-hybridized carbons (Fsp3) is 0.250. The fourth-order valence-electron chi connectivity index (χ4n) is 2.99. The van der Waals surface area contributed by atoms with Crippen LogP contribution in [0.4, 0.5) is 20.3 Å². The molecule has 0 saturated carbocycles. The van der Waals surface area contributed by atoms with Crippen molar-refractivity contribution in [1.82, 2.24) is 4.98 Å². The van der Waals surface area contributed by atoms with E-state index in [4.69, 9.17) is 0 Å². The van der Waals surface area contributed by atoms with Gasteiger partial charge in [-0.3, -0.25) is 0 Å². The lowest BCUT2D eigenvalue weighted by Gasteiger charge is -2.23. The molecule has 1 N–H and O–H groups in total. The first-order valence-electron chi connectivity index (χ1n) is 8.44. The summed E-state index contributed by atoms with van der Waals surface area (Å²) < 4.78 is 28.4. The highest BCUT2D eigenvalue weighted by Gasteiger charge is 2.16. The molecule has 3 nitrogen and oxygen atoms in total. The molecular formula is C20H21F2N3. The van der Waals surface area contributed by atoms with Crippen LogP contribution in [0.2, 0.25) is 0 Å². The van der Waals surface area contributed by atoms with Crippen LogP contribution in [-0.2, 0) is 6.54 Å². The molecule has 1 heterocycles. The third kappa shape index (κ3) is 3.55. The van der Waals surface area contributed by atoms with Crippen LogP contribution in [0.3, 0.4) is 0 Å². The predicted octanol–water partition coefficient (Wildman–Crippen LogP) is 4.97. The van der Waals surface area contributed by atoms with Gasteiger partial charge in [0.05, 0.1) is 11.9 Å². The van der Waals surface area contributed by atoms with Crippen molar-refractivity contribution < 1.29 is 8.78 Å². The highest BCUT2D eigenvalue weighted by atomic mass is 19.1. The Labute approximate surface area is 146 Å². The fourth-order valence-corrected chi connectivity index (χ4v) is 2.99. The van der Waals surface area contributed by atoms with Crippen LogP contribution in [0.15, 0.2) is 48.7 Å². The number of halogens is 2. The van der Waals surface area contributed by atoms with Gasteiger partial charge in [0, 0.05) is 36.5 Å². The first-order valence-corrected chi connectivity index (χ1v) is 8.44. The van der Waals surface area contributed by atoms with Crippen molar-refractivity contribution in [2.24, 2.45) is 0 Å². The average Bonchev–Trinajstić information content (AvgIpc) is 2.62. The zero-order valence-electron chi connectivity index (χ0n) is 14.4. The molecule has 0 saturated heterocycles. The van der Waals surface area contributed by atoms with E-state index < -0.39 is 11.6 Å². The van der Waals surface area contributed by atoms with Gasteiger partial charge in [-0.05, 0) is 25.5 Å². The summed E-state index contributed by atoms with van der Waals surface area (Å²) in [6, 6.07) is 12.1. The third-order valence-corrected chi connectivity index (χ3v) is 4.27. The van der Waals surface area contributed by atoms with Crippen LogP contribution in [-0.4, -0.2) is 18.1 Å². The molecular weight excluding hydrogens is 320 g/mol. The van der Waals surface area contributed by atoms with Gasteiger partial charge in [-0.2, -0.15) is 0 Å². The second-order valence-electron chi connectivity index (χ2n) is 5.82. The minimum absolute atomic E-state index is 0.370. The van der Waals surface area contributed by atoms with Crippen LogP contribution in [0.1, 0.15) is 19.4 Å². The highest BCUT2D eigenvalue weighted by Crippen LogP contribution is 2.33. The molecule has 0 bridgehead atoms. The van der Waals surface area contributed by atoms with Gasteiger partial charge in [0.1, 0.15) is 17.5 Å². The first kappa shape index (κ1) is 17.1. The molecule has 0 aliphatic heterocycles. The van der Waals surface area contributed by atoms with Gasteiger partial charge >= 0.3 is 0 Å². The Bertz CT molecular complexity index is 862. The number of rotatable bonds is 6. The van der Waals surface area contributed by atoms with Gasteiger partial charge in [0.2, 0.25) is 0 Å². The van der Waals surface area contributed by atoms with Crippen molar-refractivity contribution in [2.75, 3.05) is 23.3 Å². The summed E-state index contributed by atoms with van der Waals surface area (Å²) >= 11 is 0. The monoisotopic (exact) mass is 341 g/mol. The number of hydrogen-bond donors (Lipinski definition) is 1. The number of hydrogen-bond acceptors (Lipinski definition) is 3. The van der Waals surface area contributed by atoms with E-state index in [2.05, 4.69) is 10.3 Å². The van der Waals surface area contributed by atoms with E-state index >= 15 is 0 Å². The summed E-state index contributed by atoms with van der Waals surface area (Å²) in [5.41, 5.74) is 1.64. The van der Waals surface area contributed by atoms with Crippen LogP contribution in [0.25, 0.3) is 10.8 Å². The maximum absolute atomic E-state index is 14.6. The van der Waals surface area contributed by atoms with Crippen molar-refractivity contribution in [3.05, 3.63) is 65.9 Å². The molecule has 0 aliphatic rings. The Balaban J connectivity index is 2.06. The standard InChI is InChI=1S/C20H21F2N3/c1-3-25(4-2)20-16-10-15(21)11-17(22)19(16)18(13-24-20)23-12-14-8-6-5-7-9-14/h5-11,13,23H,3-4,12H2,1-2H3. The van der Waals surface area contributed by atoms with Crippen LogP contribution >= 0.6 is 0 Å². The molecule has 0 amide bonds. The Morgan fingerprint density at radius 1 is 1.04 bits per heavy atom. The van der Waals surface area contributed by atoms with E-state index in [1.165, 1.54) is 6.07 Å². The minimum atomic E-state index is -0.597. The molecule has 0 spiro atoms. The number of fused-ring (bicyclic) bond motifs is 1. The molecule has 3 rings (SSSR count). The van der Waals surface area contributed by atoms with Crippen LogP contribution in [0, 0.1) is 11.6 Å². The van der Waals surface area contributed by atoms with Gasteiger partial charge < -0.3 is 10.2 Å². The van der Waals surface area contributed by atoms with Crippen LogP contribution < -0.4 is 10.2 Å². The number of aromatic nitrogens is 1. The van der Waals surface area contributed by atoms with E-state index in [1.54, 1.807) is 6.20 Å². The summed E-state index contributed by atoms with van der Waals surface area (Å²) in [5.74, 6) is -0.578. The average molecular weight is 341 g/mol. The number of anilines is 2. The maximum atomic E-state index is 14.6. The molecule has 0 atom stereocenters. The van der Waals surface area contributed by atoms with Gasteiger partial charge in [-0.25, -0.2) is 13.8 Å². The van der Waals surface area contributed by atoms with Crippen molar-refractivity contribution in [3.8, 4) is 0 Å². The van der Waals surface area contributed by atoms with E-state index in [0.29, 0.717) is 41.9 Å². The zero-order chi connectivity index (χ0) is 17.8. The van der Waals surface area contributed by atoms with Gasteiger partial charge in [0.25, 0.3) is 0 Å². The molecule has 2 aromatic carbocycles. The topological polar surface area (TPSA) is 28.2 Å². The first-order chi connectivity index (χ1) is 12.1. The number of benzene rings is 2. The molecule has 5 heteroatoms. The predicted molar refractivity (Wildman–Crippen MR) is 99.0 cm³/mol. The molecule has 0 radical (unpaired) electrons. The number of nitrogens with zero attached hydrogens (tertiary/aromatic N) is 2. The molecule has 1 aromatic heterocycles. The zero-order valence-corrected chi connectivity index (χ0v) is 14.4. The molecule has 25 heavy (non-hydrogen) atoms. The minimum Gasteiger partial charge on any atom is -0.379 e. The van der Waals surface area contributed by atoms with E-state index in [9.17, 15) is 8.78 Å². The van der Waals surface area contributed by atoms with Gasteiger partial charge in [-0.1, -0.05) is 30.3 Å². The number of pyridine rings is 1. The smallest absolute Gasteiger partial charge is 0.136 e. The van der Waals surface area contributed by atoms with E-state index in [-0.39, 0.29) is 0 Å². The highest BCUT2D eigenvalue weighted by molar-refractivity contribution is 6.00. The van der Waals surface area contributed by atoms with E-state index in [0.717, 1.165) is 11.6 Å². The normalized spacial score (nSPS) is 10.9. The Kier molecular flexibility index (Phi) is 5.12. The Morgan fingerprint density at radius 3 is 2.44 bits per heavy atom. The Hall–Kier alpha value is -2.69. The van der Waals surface area contributed by atoms with Crippen molar-refractivity contribution in [2.45, 2.75) is 20.4 Å². The molecule has 0 fully saturated rings. The largest absolute Gasteiger partial charge is 0.379 e. The van der Waals surface area contributed by atoms with Crippen molar-refractivity contribution >= 4 is 22.3 Å². The summed E-state index contributed by atoms with van der Waals surface area (Å²) in [6.45, 7) is 5.96. The lowest BCUT2D eigenvalue weighted by molar-refractivity contribution is 0.592. The molecule has 0 aliphatic carbocycles. The summed E-state index contributed by atoms with van der Waals surface area (Å²) in [7, 11) is 0. The summed E-state index contributed by atoms with van der Waals surface area (Å²) in [5, 5.41) is 4.08. The molecule has 0 unspecified atom stereocenters. The summed E-state index contributed by atoms with van der Waals surface area (Å²) in [4.78, 5) is 6.46. The SMILES string of the molecule is CCN(CC)c1ncc(NCc2ccccc2)c2c(F)cc(F)cc12. The third-order valence-electron chi connectivity index (χ3n) is 4.27. The molecule has 130 valence electrons. The number of nitrogens with one attached hydrogen (secondary N) is 1. The lowest BCUT2D eigenvalue weighted by atomic mass is 10.1. The van der Waals surface area contributed by atoms with Crippen molar-refractivity contribution in [1.29, 1.82) is 0 Å². The second-order valence-corrected chi connectivity index (χ2v) is 5.82. The maximum Gasteiger partial charge on any atom is 0.136 e. The lowest BCUT2D eigenvalue weighted by Crippen LogP contribution is -2.23. The van der Waals surface area contributed by atoms with Crippen LogP contribution in [0.5, 0.6) is 0 Å².